The van der Waals surface area contributed by atoms with Gasteiger partial charge in [-0.05, 0) is 179 Å². The Morgan fingerprint density at radius 1 is 0.244 bits per heavy atom. The van der Waals surface area contributed by atoms with Gasteiger partial charge < -0.3 is 0 Å². The maximum absolute atomic E-state index is 5.10. The van der Waals surface area contributed by atoms with Crippen LogP contribution in [0.4, 0.5) is 0 Å². The number of hydrogen-bond acceptors (Lipinski definition) is 3. The van der Waals surface area contributed by atoms with Crippen molar-refractivity contribution in [1.82, 2.24) is 15.0 Å². The minimum absolute atomic E-state index is 0.679. The molecule has 0 radical (unpaired) electrons. The number of allylic oxidation sites excluding steroid dienone is 6. The average Bonchev–Trinajstić information content (AvgIpc) is 2.66. The zero-order chi connectivity index (χ0) is 57.6. The van der Waals surface area contributed by atoms with Crippen LogP contribution in [0.1, 0.15) is 28.7 Å². The van der Waals surface area contributed by atoms with Gasteiger partial charge in [0.2, 0.25) is 0 Å². The van der Waals surface area contributed by atoms with Crippen LogP contribution in [0, 0.1) is 6.92 Å². The summed E-state index contributed by atoms with van der Waals surface area (Å²) in [6.45, 7) is 2.18. The van der Waals surface area contributed by atoms with Gasteiger partial charge in [0, 0.05) is 40.8 Å². The predicted octanol–water partition coefficient (Wildman–Crippen LogP) is 21.8. The van der Waals surface area contributed by atoms with Crippen LogP contribution >= 0.6 is 0 Å². The summed E-state index contributed by atoms with van der Waals surface area (Å²) in [5.74, 6) is 0. The second-order valence-corrected chi connectivity index (χ2v) is 21.8. The second-order valence-electron chi connectivity index (χ2n) is 21.8. The Hall–Kier alpha value is -11.1. The first-order valence-electron chi connectivity index (χ1n) is 29.4. The molecule has 0 saturated heterocycles. The number of hydrogen-bond donors (Lipinski definition) is 0. The first-order valence-corrected chi connectivity index (χ1v) is 29.4. The van der Waals surface area contributed by atoms with Crippen LogP contribution in [0.25, 0.3) is 128 Å². The van der Waals surface area contributed by atoms with E-state index >= 15 is 0 Å². The summed E-state index contributed by atoms with van der Waals surface area (Å²) >= 11 is 0. The number of nitrogens with zero attached hydrogens (tertiary/aromatic N) is 3. The van der Waals surface area contributed by atoms with E-state index in [4.69, 9.17) is 15.0 Å². The highest BCUT2D eigenvalue weighted by molar-refractivity contribution is 6.04. The molecule has 406 valence electrons. The number of pyridine rings is 3. The lowest BCUT2D eigenvalue weighted by atomic mass is 9.85. The Morgan fingerprint density at radius 2 is 0.605 bits per heavy atom. The summed E-state index contributed by atoms with van der Waals surface area (Å²) in [6, 6.07) is 105. The smallest absolute Gasteiger partial charge is 0.0705 e. The van der Waals surface area contributed by atoms with Crippen molar-refractivity contribution in [2.75, 3.05) is 0 Å². The third-order valence-corrected chi connectivity index (χ3v) is 16.5. The fourth-order valence-corrected chi connectivity index (χ4v) is 12.3. The molecule has 0 atom stereocenters. The van der Waals surface area contributed by atoms with E-state index in [9.17, 15) is 0 Å². The van der Waals surface area contributed by atoms with E-state index in [0.29, 0.717) is 6.42 Å². The maximum Gasteiger partial charge on any atom is 0.0705 e. The van der Waals surface area contributed by atoms with Crippen LogP contribution in [0.15, 0.2) is 328 Å². The fraction of sp³-hybridized carbons (Fsp3) is 0.0241. The number of rotatable bonds is 13. The van der Waals surface area contributed by atoms with E-state index in [1.807, 2.05) is 30.7 Å². The highest BCUT2D eigenvalue weighted by Crippen LogP contribution is 2.46. The lowest BCUT2D eigenvalue weighted by Crippen LogP contribution is -1.95. The van der Waals surface area contributed by atoms with Gasteiger partial charge >= 0.3 is 0 Å². The largest absolute Gasteiger partial charge is 0.256 e. The molecule has 1 aliphatic rings. The highest BCUT2D eigenvalue weighted by atomic mass is 14.7. The monoisotopic (exact) mass is 1100 g/mol. The summed E-state index contributed by atoms with van der Waals surface area (Å²) in [5, 5.41) is 0. The van der Waals surface area contributed by atoms with E-state index in [1.54, 1.807) is 0 Å². The molecule has 0 spiro atoms. The molecular weight excluding hydrogens is 1040 g/mol. The summed E-state index contributed by atoms with van der Waals surface area (Å²) < 4.78 is 0. The Morgan fingerprint density at radius 3 is 1.03 bits per heavy atom. The Kier molecular flexibility index (Phi) is 14.8. The van der Waals surface area contributed by atoms with Gasteiger partial charge in [0.25, 0.3) is 0 Å². The van der Waals surface area contributed by atoms with Crippen LogP contribution in [-0.4, -0.2) is 15.0 Å². The highest BCUT2D eigenvalue weighted by Gasteiger charge is 2.23. The molecule has 3 heteroatoms. The molecule has 3 heterocycles. The molecule has 86 heavy (non-hydrogen) atoms. The van der Waals surface area contributed by atoms with Gasteiger partial charge in [0.1, 0.15) is 0 Å². The first kappa shape index (κ1) is 52.9. The summed E-state index contributed by atoms with van der Waals surface area (Å²) in [7, 11) is 0. The van der Waals surface area contributed by atoms with Gasteiger partial charge in [0.05, 0.1) is 17.1 Å². The lowest BCUT2D eigenvalue weighted by Gasteiger charge is -2.19. The maximum atomic E-state index is 5.10. The Labute approximate surface area is 504 Å². The SMILES string of the molecule is Cc1cc(-c2ccc(-c3ccccc3C3=CCC(c4ccccc4-c4ccc(-c5ccccn5)cc4-c4ccccc4)=CC(c4ccccc4-c4ccc(-c5ccccn5)cc4-c4ccccc4)=C3)c(-c3ccccc3)c2)ncc1-c1ccccc1. The summed E-state index contributed by atoms with van der Waals surface area (Å²) in [5.41, 5.74) is 30.2. The predicted molar refractivity (Wildman–Crippen MR) is 360 cm³/mol. The number of aryl methyl sites for hydroxylation is 1. The molecule has 10 aromatic carbocycles. The van der Waals surface area contributed by atoms with Crippen molar-refractivity contribution in [3.63, 3.8) is 0 Å². The molecule has 0 unspecified atom stereocenters. The minimum Gasteiger partial charge on any atom is -0.256 e. The Bertz CT molecular complexity index is 4680. The quantitative estimate of drug-likeness (QED) is 0.115. The number of aromatic nitrogens is 3. The topological polar surface area (TPSA) is 38.7 Å². The molecule has 0 N–H and O–H groups in total. The van der Waals surface area contributed by atoms with Crippen LogP contribution in [0.5, 0.6) is 0 Å². The van der Waals surface area contributed by atoms with Crippen molar-refractivity contribution in [2.45, 2.75) is 13.3 Å². The third kappa shape index (κ3) is 10.8. The molecule has 14 rings (SSSR count). The lowest BCUT2D eigenvalue weighted by molar-refractivity contribution is 1.29. The van der Waals surface area contributed by atoms with Gasteiger partial charge in [-0.1, -0.05) is 255 Å². The summed E-state index contributed by atoms with van der Waals surface area (Å²) in [6.07, 6.45) is 13.8. The zero-order valence-electron chi connectivity index (χ0n) is 47.7. The second kappa shape index (κ2) is 24.0. The van der Waals surface area contributed by atoms with Gasteiger partial charge in [-0.2, -0.15) is 0 Å². The molecule has 3 nitrogen and oxygen atoms in total. The van der Waals surface area contributed by atoms with Crippen molar-refractivity contribution < 1.29 is 0 Å². The van der Waals surface area contributed by atoms with Crippen molar-refractivity contribution in [3.8, 4) is 112 Å². The Balaban J connectivity index is 0.953. The minimum atomic E-state index is 0.679. The van der Waals surface area contributed by atoms with Gasteiger partial charge in [-0.3, -0.25) is 15.0 Å². The van der Waals surface area contributed by atoms with Crippen LogP contribution < -0.4 is 0 Å². The molecular formula is C83H59N3. The molecule has 0 fully saturated rings. The van der Waals surface area contributed by atoms with Gasteiger partial charge in [-0.25, -0.2) is 0 Å². The van der Waals surface area contributed by atoms with Crippen molar-refractivity contribution in [2.24, 2.45) is 0 Å². The van der Waals surface area contributed by atoms with E-state index in [1.165, 1.54) is 22.3 Å². The van der Waals surface area contributed by atoms with E-state index in [2.05, 4.69) is 304 Å². The van der Waals surface area contributed by atoms with Crippen LogP contribution in [0.2, 0.25) is 0 Å². The molecule has 0 aliphatic heterocycles. The van der Waals surface area contributed by atoms with E-state index in [0.717, 1.165) is 128 Å². The van der Waals surface area contributed by atoms with Crippen LogP contribution in [-0.2, 0) is 0 Å². The normalized spacial score (nSPS) is 12.2. The van der Waals surface area contributed by atoms with Gasteiger partial charge in [-0.15, -0.1) is 0 Å². The zero-order valence-corrected chi connectivity index (χ0v) is 47.7. The molecule has 3 aromatic heterocycles. The standard InChI is InChI=1S/C83H59N3/c1-57-50-83(86-56-80(57)61-30-12-5-13-31-61)66-44-47-75(79(55-66)60-28-10-4-11-29-60)72-36-18-15-33-69(72)63-41-40-62(68-32-14-17-35-71(68)74-45-42-64(81-38-20-22-48-84-81)53-77(74)58-24-6-2-7-25-58)51-67(52-63)70-34-16-19-37-73(70)76-46-43-65(82-39-21-23-49-85-82)54-78(76)59-26-8-3-9-27-59/h2-39,41-56H,40H2,1H3. The molecule has 1 aliphatic carbocycles. The molecule has 0 bridgehead atoms. The molecule has 0 amide bonds. The molecule has 13 aromatic rings. The van der Waals surface area contributed by atoms with E-state index in [-0.39, 0.29) is 0 Å². The van der Waals surface area contributed by atoms with Gasteiger partial charge in [0.15, 0.2) is 0 Å². The summed E-state index contributed by atoms with van der Waals surface area (Å²) in [4.78, 5) is 14.7. The van der Waals surface area contributed by atoms with Crippen molar-refractivity contribution in [3.05, 3.63) is 350 Å². The average molecular weight is 1100 g/mol. The van der Waals surface area contributed by atoms with Crippen molar-refractivity contribution >= 4 is 16.7 Å². The number of benzene rings is 10. The third-order valence-electron chi connectivity index (χ3n) is 16.5. The first-order chi connectivity index (χ1) is 42.6. The van der Waals surface area contributed by atoms with E-state index < -0.39 is 0 Å². The van der Waals surface area contributed by atoms with Crippen molar-refractivity contribution in [1.29, 1.82) is 0 Å². The molecule has 0 saturated carbocycles. The fourth-order valence-electron chi connectivity index (χ4n) is 12.3. The van der Waals surface area contributed by atoms with Crippen LogP contribution in [0.3, 0.4) is 0 Å².